The van der Waals surface area contributed by atoms with Crippen molar-refractivity contribution < 1.29 is 14.3 Å². The van der Waals surface area contributed by atoms with Crippen molar-refractivity contribution in [3.8, 4) is 11.1 Å². The highest BCUT2D eigenvalue weighted by Crippen LogP contribution is 2.44. The molecule has 1 N–H and O–H groups in total. The van der Waals surface area contributed by atoms with Gasteiger partial charge in [0.1, 0.15) is 12.6 Å². The Morgan fingerprint density at radius 2 is 1.56 bits per heavy atom. The molecule has 2 aliphatic rings. The summed E-state index contributed by atoms with van der Waals surface area (Å²) in [7, 11) is 0. The van der Waals surface area contributed by atoms with Gasteiger partial charge >= 0.3 is 6.09 Å². The zero-order valence-corrected chi connectivity index (χ0v) is 19.7. The maximum absolute atomic E-state index is 13.1. The van der Waals surface area contributed by atoms with E-state index in [1.54, 1.807) is 4.90 Å². The predicted octanol–water partition coefficient (Wildman–Crippen LogP) is 6.16. The third kappa shape index (κ3) is 4.07. The Hall–Kier alpha value is -3.60. The van der Waals surface area contributed by atoms with Crippen molar-refractivity contribution in [2.45, 2.75) is 44.6 Å². The van der Waals surface area contributed by atoms with Crippen LogP contribution in [-0.2, 0) is 9.53 Å². The Labute approximate surface area is 200 Å². The Balaban J connectivity index is 1.28. The molecule has 0 saturated carbocycles. The van der Waals surface area contributed by atoms with Gasteiger partial charge in [-0.1, -0.05) is 80.6 Å². The van der Waals surface area contributed by atoms with Crippen molar-refractivity contribution >= 4 is 17.7 Å². The molecular weight excluding hydrogens is 424 g/mol. The lowest BCUT2D eigenvalue weighted by Crippen LogP contribution is -2.43. The van der Waals surface area contributed by atoms with E-state index in [1.165, 1.54) is 22.3 Å². The van der Waals surface area contributed by atoms with Gasteiger partial charge in [-0.2, -0.15) is 0 Å². The number of carbonyl (C=O) groups is 2. The van der Waals surface area contributed by atoms with Crippen LogP contribution in [0.15, 0.2) is 72.8 Å². The summed E-state index contributed by atoms with van der Waals surface area (Å²) in [5.74, 6) is 0.140. The van der Waals surface area contributed by atoms with Crippen molar-refractivity contribution in [3.63, 3.8) is 0 Å². The van der Waals surface area contributed by atoms with Crippen LogP contribution in [0.4, 0.5) is 10.5 Å². The number of hydrogen-bond acceptors (Lipinski definition) is 3. The van der Waals surface area contributed by atoms with Crippen molar-refractivity contribution in [1.82, 2.24) is 4.90 Å². The number of likely N-dealkylation sites (tertiary alicyclic amines) is 1. The average molecular weight is 455 g/mol. The standard InChI is InChI=1S/C29H30N2O3/c1-19(2)20-10-7-8-15-26(20)30-28(32)27-16-9-17-31(27)29(33)34-18-25-23-13-5-3-11-21(23)22-12-4-6-14-24(22)25/h3-8,10-15,19,25,27H,9,16-18H2,1-2H3,(H,30,32)/t27-/m0/s1. The minimum Gasteiger partial charge on any atom is -0.448 e. The van der Waals surface area contributed by atoms with Crippen LogP contribution >= 0.6 is 0 Å². The number of rotatable bonds is 5. The summed E-state index contributed by atoms with van der Waals surface area (Å²) < 4.78 is 5.82. The SMILES string of the molecule is CC(C)c1ccccc1NC(=O)[C@@H]1CCCN1C(=O)OCC1c2ccccc2-c2ccccc21. The van der Waals surface area contributed by atoms with E-state index in [-0.39, 0.29) is 18.4 Å². The Kier molecular flexibility index (Phi) is 6.10. The number of carbonyl (C=O) groups excluding carboxylic acids is 2. The van der Waals surface area contributed by atoms with Crippen LogP contribution in [0.2, 0.25) is 0 Å². The quantitative estimate of drug-likeness (QED) is 0.502. The van der Waals surface area contributed by atoms with E-state index in [0.717, 1.165) is 17.7 Å². The molecule has 0 spiro atoms. The lowest BCUT2D eigenvalue weighted by molar-refractivity contribution is -0.120. The summed E-state index contributed by atoms with van der Waals surface area (Å²) >= 11 is 0. The first-order valence-corrected chi connectivity index (χ1v) is 12.1. The Morgan fingerprint density at radius 3 is 2.24 bits per heavy atom. The molecule has 1 fully saturated rings. The molecule has 5 heteroatoms. The Morgan fingerprint density at radius 1 is 0.941 bits per heavy atom. The van der Waals surface area contributed by atoms with Gasteiger partial charge < -0.3 is 10.1 Å². The highest BCUT2D eigenvalue weighted by molar-refractivity contribution is 5.97. The second-order valence-corrected chi connectivity index (χ2v) is 9.39. The molecule has 2 amide bonds. The van der Waals surface area contributed by atoms with Crippen molar-refractivity contribution in [2.75, 3.05) is 18.5 Å². The van der Waals surface area contributed by atoms with Gasteiger partial charge in [-0.05, 0) is 52.6 Å². The number of ether oxygens (including phenoxy) is 1. The molecule has 0 unspecified atom stereocenters. The third-order valence-electron chi connectivity index (χ3n) is 6.97. The highest BCUT2D eigenvalue weighted by Gasteiger charge is 2.36. The van der Waals surface area contributed by atoms with Crippen LogP contribution < -0.4 is 5.32 Å². The zero-order chi connectivity index (χ0) is 23.7. The van der Waals surface area contributed by atoms with Crippen LogP contribution in [0, 0.1) is 0 Å². The van der Waals surface area contributed by atoms with Gasteiger partial charge in [0.15, 0.2) is 0 Å². The number of benzene rings is 3. The van der Waals surface area contributed by atoms with Gasteiger partial charge in [0.2, 0.25) is 5.91 Å². The van der Waals surface area contributed by atoms with E-state index in [1.807, 2.05) is 48.5 Å². The molecule has 1 heterocycles. The maximum atomic E-state index is 13.1. The van der Waals surface area contributed by atoms with Gasteiger partial charge in [-0.3, -0.25) is 9.69 Å². The fraction of sp³-hybridized carbons (Fsp3) is 0.310. The molecule has 5 rings (SSSR count). The lowest BCUT2D eigenvalue weighted by atomic mass is 9.98. The number of para-hydroxylation sites is 1. The molecule has 174 valence electrons. The second kappa shape index (κ2) is 9.34. The fourth-order valence-electron chi connectivity index (χ4n) is 5.27. The summed E-state index contributed by atoms with van der Waals surface area (Å²) in [6, 6.07) is 23.9. The summed E-state index contributed by atoms with van der Waals surface area (Å²) in [4.78, 5) is 27.8. The molecule has 0 bridgehead atoms. The van der Waals surface area contributed by atoms with E-state index < -0.39 is 12.1 Å². The minimum atomic E-state index is -0.518. The van der Waals surface area contributed by atoms with E-state index in [2.05, 4.69) is 43.4 Å². The van der Waals surface area contributed by atoms with Crippen LogP contribution in [0.25, 0.3) is 11.1 Å². The second-order valence-electron chi connectivity index (χ2n) is 9.39. The van der Waals surface area contributed by atoms with Gasteiger partial charge in [0.05, 0.1) is 0 Å². The third-order valence-corrected chi connectivity index (χ3v) is 6.97. The summed E-state index contributed by atoms with van der Waals surface area (Å²) in [5.41, 5.74) is 6.64. The zero-order valence-electron chi connectivity index (χ0n) is 19.7. The number of nitrogens with one attached hydrogen (secondary N) is 1. The monoisotopic (exact) mass is 454 g/mol. The first kappa shape index (κ1) is 22.2. The molecular formula is C29H30N2O3. The van der Waals surface area contributed by atoms with Crippen molar-refractivity contribution in [1.29, 1.82) is 0 Å². The molecule has 0 radical (unpaired) electrons. The topological polar surface area (TPSA) is 58.6 Å². The first-order valence-electron chi connectivity index (χ1n) is 12.1. The number of anilines is 1. The molecule has 34 heavy (non-hydrogen) atoms. The summed E-state index contributed by atoms with van der Waals surface area (Å²) in [6.07, 6.45) is 1.00. The fourth-order valence-corrected chi connectivity index (χ4v) is 5.27. The van der Waals surface area contributed by atoms with Gasteiger partial charge in [-0.25, -0.2) is 4.79 Å². The van der Waals surface area contributed by atoms with Gasteiger partial charge in [0, 0.05) is 18.2 Å². The normalized spacial score (nSPS) is 16.9. The van der Waals surface area contributed by atoms with Crippen LogP contribution in [0.1, 0.15) is 55.2 Å². The number of fused-ring (bicyclic) bond motifs is 3. The van der Waals surface area contributed by atoms with Crippen LogP contribution in [0.5, 0.6) is 0 Å². The lowest BCUT2D eigenvalue weighted by Gasteiger charge is -2.25. The summed E-state index contributed by atoms with van der Waals surface area (Å²) in [6.45, 7) is 4.99. The minimum absolute atomic E-state index is 0.00384. The molecule has 1 aliphatic heterocycles. The smallest absolute Gasteiger partial charge is 0.410 e. The maximum Gasteiger partial charge on any atom is 0.410 e. The largest absolute Gasteiger partial charge is 0.448 e. The van der Waals surface area contributed by atoms with E-state index in [9.17, 15) is 9.59 Å². The molecule has 1 atom stereocenters. The van der Waals surface area contributed by atoms with Gasteiger partial charge in [-0.15, -0.1) is 0 Å². The van der Waals surface area contributed by atoms with Crippen LogP contribution in [0.3, 0.4) is 0 Å². The molecule has 1 aliphatic carbocycles. The highest BCUT2D eigenvalue weighted by atomic mass is 16.6. The van der Waals surface area contributed by atoms with Crippen molar-refractivity contribution in [2.24, 2.45) is 0 Å². The predicted molar refractivity (Wildman–Crippen MR) is 134 cm³/mol. The summed E-state index contributed by atoms with van der Waals surface area (Å²) in [5, 5.41) is 3.05. The van der Waals surface area contributed by atoms with Gasteiger partial charge in [0.25, 0.3) is 0 Å². The first-order chi connectivity index (χ1) is 16.5. The molecule has 0 aromatic heterocycles. The molecule has 5 nitrogen and oxygen atoms in total. The van der Waals surface area contributed by atoms with E-state index in [4.69, 9.17) is 4.74 Å². The van der Waals surface area contributed by atoms with E-state index in [0.29, 0.717) is 18.9 Å². The van der Waals surface area contributed by atoms with Crippen molar-refractivity contribution in [3.05, 3.63) is 89.5 Å². The number of hydrogen-bond donors (Lipinski definition) is 1. The van der Waals surface area contributed by atoms with Crippen LogP contribution in [-0.4, -0.2) is 36.1 Å². The number of nitrogens with zero attached hydrogens (tertiary/aromatic N) is 1. The molecule has 3 aromatic carbocycles. The Bertz CT molecular complexity index is 1170. The molecule has 1 saturated heterocycles. The number of amides is 2. The van der Waals surface area contributed by atoms with E-state index >= 15 is 0 Å². The molecule has 3 aromatic rings. The average Bonchev–Trinajstić information content (AvgIpc) is 3.46.